The Morgan fingerprint density at radius 2 is 1.90 bits per heavy atom. The minimum absolute atomic E-state index is 0.174. The highest BCUT2D eigenvalue weighted by molar-refractivity contribution is 7.07. The summed E-state index contributed by atoms with van der Waals surface area (Å²) in [6.07, 6.45) is 0.992. The number of hydrogen-bond donors (Lipinski definition) is 1. The van der Waals surface area contributed by atoms with Crippen molar-refractivity contribution in [2.75, 3.05) is 6.54 Å². The third-order valence-corrected chi connectivity index (χ3v) is 4.49. The van der Waals surface area contributed by atoms with Gasteiger partial charge in [0, 0.05) is 12.6 Å². The van der Waals surface area contributed by atoms with E-state index in [9.17, 15) is 0 Å². The largest absolute Gasteiger partial charge is 0.326 e. The van der Waals surface area contributed by atoms with Crippen LogP contribution in [0.2, 0.25) is 0 Å². The molecule has 2 N–H and O–H groups in total. The van der Waals surface area contributed by atoms with E-state index in [1.165, 1.54) is 11.1 Å². The molecule has 1 aromatic carbocycles. The van der Waals surface area contributed by atoms with Crippen LogP contribution in [0.1, 0.15) is 37.4 Å². The summed E-state index contributed by atoms with van der Waals surface area (Å²) < 4.78 is 0. The molecule has 2 aromatic rings. The molecule has 108 valence electrons. The Kier molecular flexibility index (Phi) is 5.77. The van der Waals surface area contributed by atoms with Gasteiger partial charge in [-0.25, -0.2) is 0 Å². The van der Waals surface area contributed by atoms with Gasteiger partial charge in [-0.3, -0.25) is 4.90 Å². The van der Waals surface area contributed by atoms with Crippen molar-refractivity contribution in [1.82, 2.24) is 4.90 Å². The molecule has 20 heavy (non-hydrogen) atoms. The van der Waals surface area contributed by atoms with Gasteiger partial charge in [0.25, 0.3) is 0 Å². The second-order valence-corrected chi connectivity index (χ2v) is 5.90. The van der Waals surface area contributed by atoms with Crippen LogP contribution in [0.25, 0.3) is 0 Å². The zero-order valence-corrected chi connectivity index (χ0v) is 13.1. The first-order valence-corrected chi connectivity index (χ1v) is 8.26. The van der Waals surface area contributed by atoms with Crippen LogP contribution in [-0.2, 0) is 6.54 Å². The van der Waals surface area contributed by atoms with Crippen molar-refractivity contribution in [2.45, 2.75) is 38.9 Å². The van der Waals surface area contributed by atoms with Crippen molar-refractivity contribution in [3.05, 3.63) is 58.3 Å². The van der Waals surface area contributed by atoms with Gasteiger partial charge >= 0.3 is 0 Å². The maximum Gasteiger partial charge on any atom is 0.0510 e. The highest BCUT2D eigenvalue weighted by atomic mass is 32.1. The van der Waals surface area contributed by atoms with Gasteiger partial charge in [-0.05, 0) is 40.9 Å². The molecular formula is C17H24N2S. The number of likely N-dealkylation sites (N-methyl/N-ethyl adjacent to an activating group) is 1. The van der Waals surface area contributed by atoms with Gasteiger partial charge in [0.15, 0.2) is 0 Å². The number of nitrogens with two attached hydrogens (primary N) is 1. The van der Waals surface area contributed by atoms with Gasteiger partial charge in [0.2, 0.25) is 0 Å². The minimum Gasteiger partial charge on any atom is -0.326 e. The molecule has 0 amide bonds. The molecule has 3 heteroatoms. The van der Waals surface area contributed by atoms with Crippen molar-refractivity contribution in [3.63, 3.8) is 0 Å². The Morgan fingerprint density at radius 1 is 1.15 bits per heavy atom. The van der Waals surface area contributed by atoms with Gasteiger partial charge < -0.3 is 5.73 Å². The van der Waals surface area contributed by atoms with E-state index in [-0.39, 0.29) is 6.04 Å². The van der Waals surface area contributed by atoms with Gasteiger partial charge in [0.1, 0.15) is 0 Å². The molecule has 1 heterocycles. The summed E-state index contributed by atoms with van der Waals surface area (Å²) in [6.45, 7) is 6.33. The first kappa shape index (κ1) is 15.2. The van der Waals surface area contributed by atoms with Gasteiger partial charge in [-0.1, -0.05) is 44.2 Å². The Morgan fingerprint density at radius 3 is 2.45 bits per heavy atom. The molecule has 2 rings (SSSR count). The van der Waals surface area contributed by atoms with Gasteiger partial charge in [-0.15, -0.1) is 0 Å². The monoisotopic (exact) mass is 288 g/mol. The molecule has 0 saturated carbocycles. The minimum atomic E-state index is 0.174. The fourth-order valence-electron chi connectivity index (χ4n) is 2.62. The second kappa shape index (κ2) is 7.58. The van der Waals surface area contributed by atoms with Crippen LogP contribution < -0.4 is 5.73 Å². The van der Waals surface area contributed by atoms with Crippen molar-refractivity contribution < 1.29 is 0 Å². The SMILES string of the molecule is CCC(N)C(c1ccsc1)N(CC)Cc1ccccc1. The molecule has 2 atom stereocenters. The van der Waals surface area contributed by atoms with Crippen molar-refractivity contribution in [1.29, 1.82) is 0 Å². The van der Waals surface area contributed by atoms with Gasteiger partial charge in [-0.2, -0.15) is 11.3 Å². The van der Waals surface area contributed by atoms with E-state index < -0.39 is 0 Å². The summed E-state index contributed by atoms with van der Waals surface area (Å²) in [4.78, 5) is 2.48. The van der Waals surface area contributed by atoms with Crippen molar-refractivity contribution >= 4 is 11.3 Å². The molecule has 0 saturated heterocycles. The van der Waals surface area contributed by atoms with Crippen LogP contribution in [0.5, 0.6) is 0 Å². The maximum atomic E-state index is 6.40. The zero-order chi connectivity index (χ0) is 14.4. The lowest BCUT2D eigenvalue weighted by molar-refractivity contribution is 0.170. The molecule has 0 aliphatic carbocycles. The fraction of sp³-hybridized carbons (Fsp3) is 0.412. The number of hydrogen-bond acceptors (Lipinski definition) is 3. The van der Waals surface area contributed by atoms with Crippen LogP contribution in [-0.4, -0.2) is 17.5 Å². The number of thiophene rings is 1. The smallest absolute Gasteiger partial charge is 0.0510 e. The first-order chi connectivity index (χ1) is 9.76. The highest BCUT2D eigenvalue weighted by Crippen LogP contribution is 2.28. The van der Waals surface area contributed by atoms with E-state index in [0.717, 1.165) is 19.5 Å². The summed E-state index contributed by atoms with van der Waals surface area (Å²) in [7, 11) is 0. The molecule has 0 fully saturated rings. The average molecular weight is 288 g/mol. The van der Waals surface area contributed by atoms with E-state index >= 15 is 0 Å². The van der Waals surface area contributed by atoms with Gasteiger partial charge in [0.05, 0.1) is 6.04 Å². The Labute approximate surface area is 126 Å². The fourth-order valence-corrected chi connectivity index (χ4v) is 3.31. The van der Waals surface area contributed by atoms with Crippen LogP contribution in [0.15, 0.2) is 47.2 Å². The summed E-state index contributed by atoms with van der Waals surface area (Å²) in [5, 5.41) is 4.37. The predicted octanol–water partition coefficient (Wildman–Crippen LogP) is 4.05. The quantitative estimate of drug-likeness (QED) is 0.833. The van der Waals surface area contributed by atoms with Crippen molar-refractivity contribution in [3.8, 4) is 0 Å². The van der Waals surface area contributed by atoms with E-state index in [1.54, 1.807) is 11.3 Å². The summed E-state index contributed by atoms with van der Waals surface area (Å²) in [5.74, 6) is 0. The third-order valence-electron chi connectivity index (χ3n) is 3.79. The number of nitrogens with zero attached hydrogens (tertiary/aromatic N) is 1. The van der Waals surface area contributed by atoms with Crippen LogP contribution in [0, 0.1) is 0 Å². The summed E-state index contributed by atoms with van der Waals surface area (Å²) in [6, 6.07) is 13.3. The molecule has 1 aromatic heterocycles. The Bertz CT molecular complexity index is 481. The number of rotatable bonds is 7. The molecule has 0 aliphatic rings. The van der Waals surface area contributed by atoms with Crippen LogP contribution >= 0.6 is 11.3 Å². The molecule has 0 aliphatic heterocycles. The van der Waals surface area contributed by atoms with E-state index in [4.69, 9.17) is 5.73 Å². The lowest BCUT2D eigenvalue weighted by Gasteiger charge is -2.34. The maximum absolute atomic E-state index is 6.40. The topological polar surface area (TPSA) is 29.3 Å². The standard InChI is InChI=1S/C17H24N2S/c1-3-16(18)17(15-10-11-20-13-15)19(4-2)12-14-8-6-5-7-9-14/h5-11,13,16-17H,3-4,12,18H2,1-2H3. The summed E-state index contributed by atoms with van der Waals surface area (Å²) in [5.41, 5.74) is 9.10. The lowest BCUT2D eigenvalue weighted by Crippen LogP contribution is -2.40. The number of benzene rings is 1. The van der Waals surface area contributed by atoms with E-state index in [2.05, 4.69) is 65.9 Å². The molecule has 0 radical (unpaired) electrons. The molecule has 2 unspecified atom stereocenters. The first-order valence-electron chi connectivity index (χ1n) is 7.31. The van der Waals surface area contributed by atoms with Crippen molar-refractivity contribution in [2.24, 2.45) is 5.73 Å². The van der Waals surface area contributed by atoms with E-state index in [0.29, 0.717) is 6.04 Å². The van der Waals surface area contributed by atoms with Crippen LogP contribution in [0.4, 0.5) is 0 Å². The van der Waals surface area contributed by atoms with E-state index in [1.807, 2.05) is 0 Å². The Hall–Kier alpha value is -1.16. The third kappa shape index (κ3) is 3.69. The molecule has 0 bridgehead atoms. The summed E-state index contributed by atoms with van der Waals surface area (Å²) >= 11 is 1.75. The van der Waals surface area contributed by atoms with Crippen LogP contribution in [0.3, 0.4) is 0 Å². The molecule has 2 nitrogen and oxygen atoms in total. The highest BCUT2D eigenvalue weighted by Gasteiger charge is 2.25. The molecule has 0 spiro atoms. The predicted molar refractivity (Wildman–Crippen MR) is 87.9 cm³/mol. The normalized spacial score (nSPS) is 14.4. The average Bonchev–Trinajstić information content (AvgIpc) is 3.01. The lowest BCUT2D eigenvalue weighted by atomic mass is 9.98. The second-order valence-electron chi connectivity index (χ2n) is 5.12. The molecular weight excluding hydrogens is 264 g/mol. The Balaban J connectivity index is 2.21. The zero-order valence-electron chi connectivity index (χ0n) is 12.3.